The van der Waals surface area contributed by atoms with Crippen LogP contribution in [-0.4, -0.2) is 10.9 Å². The Morgan fingerprint density at radius 2 is 1.94 bits per heavy atom. The van der Waals surface area contributed by atoms with Crippen molar-refractivity contribution in [2.45, 2.75) is 6.92 Å². The smallest absolute Gasteiger partial charge is 0.274 e. The van der Waals surface area contributed by atoms with Gasteiger partial charge in [0.1, 0.15) is 17.5 Å². The number of hydrogen-bond acceptors (Lipinski definition) is 3. The van der Waals surface area contributed by atoms with Crippen LogP contribution in [0.25, 0.3) is 0 Å². The van der Waals surface area contributed by atoms with E-state index in [1.165, 1.54) is 0 Å². The molecule has 1 heterocycles. The van der Waals surface area contributed by atoms with Crippen molar-refractivity contribution < 1.29 is 4.79 Å². The van der Waals surface area contributed by atoms with Crippen molar-refractivity contribution >= 4 is 11.6 Å². The minimum absolute atomic E-state index is 0.228. The van der Waals surface area contributed by atoms with Gasteiger partial charge in [0.15, 0.2) is 0 Å². The Bertz CT molecular complexity index is 612. The van der Waals surface area contributed by atoms with E-state index in [4.69, 9.17) is 5.26 Å². The lowest BCUT2D eigenvalue weighted by molar-refractivity contribution is 0.102. The van der Waals surface area contributed by atoms with Crippen molar-refractivity contribution in [3.63, 3.8) is 0 Å². The predicted octanol–water partition coefficient (Wildman–Crippen LogP) is 2.51. The van der Waals surface area contributed by atoms with E-state index in [0.717, 1.165) is 5.56 Å². The van der Waals surface area contributed by atoms with E-state index in [1.54, 1.807) is 18.2 Å². The highest BCUT2D eigenvalue weighted by Crippen LogP contribution is 2.10. The number of aryl methyl sites for hydroxylation is 1. The summed E-state index contributed by atoms with van der Waals surface area (Å²) in [5.41, 5.74) is 2.29. The monoisotopic (exact) mass is 237 g/mol. The fraction of sp³-hybridized carbons (Fsp3) is 0.0714. The first-order valence-electron chi connectivity index (χ1n) is 5.44. The Morgan fingerprint density at radius 1 is 1.22 bits per heavy atom. The Kier molecular flexibility index (Phi) is 3.35. The standard InChI is InChI=1S/C14H11N3O/c1-10-5-7-11(8-6-10)17-14(18)13-4-2-3-12(9-15)16-13/h2-8H,1H3,(H,17,18). The van der Waals surface area contributed by atoms with Crippen LogP contribution in [0.5, 0.6) is 0 Å². The van der Waals surface area contributed by atoms with Crippen LogP contribution < -0.4 is 5.32 Å². The second-order valence-corrected chi connectivity index (χ2v) is 3.84. The molecule has 0 aliphatic heterocycles. The SMILES string of the molecule is Cc1ccc(NC(=O)c2cccc(C#N)n2)cc1. The summed E-state index contributed by atoms with van der Waals surface area (Å²) in [6.07, 6.45) is 0. The van der Waals surface area contributed by atoms with Gasteiger partial charge < -0.3 is 5.32 Å². The molecule has 1 aromatic carbocycles. The maximum Gasteiger partial charge on any atom is 0.274 e. The highest BCUT2D eigenvalue weighted by molar-refractivity contribution is 6.02. The third-order valence-electron chi connectivity index (χ3n) is 2.41. The second kappa shape index (κ2) is 5.11. The summed E-state index contributed by atoms with van der Waals surface area (Å²) in [6, 6.07) is 14.1. The van der Waals surface area contributed by atoms with Gasteiger partial charge >= 0.3 is 0 Å². The zero-order chi connectivity index (χ0) is 13.0. The molecule has 0 radical (unpaired) electrons. The van der Waals surface area contributed by atoms with E-state index in [2.05, 4.69) is 10.3 Å². The number of anilines is 1. The number of nitrogens with zero attached hydrogens (tertiary/aromatic N) is 2. The van der Waals surface area contributed by atoms with Gasteiger partial charge in [-0.25, -0.2) is 4.98 Å². The number of carbonyl (C=O) groups is 1. The number of pyridine rings is 1. The Morgan fingerprint density at radius 3 is 2.61 bits per heavy atom. The lowest BCUT2D eigenvalue weighted by atomic mass is 10.2. The molecule has 0 atom stereocenters. The molecule has 4 nitrogen and oxygen atoms in total. The molecule has 0 spiro atoms. The maximum atomic E-state index is 11.9. The number of nitrogens with one attached hydrogen (secondary N) is 1. The molecule has 4 heteroatoms. The number of amides is 1. The molecule has 0 unspecified atom stereocenters. The van der Waals surface area contributed by atoms with Crippen LogP contribution in [0.3, 0.4) is 0 Å². The summed E-state index contributed by atoms with van der Waals surface area (Å²) in [5, 5.41) is 11.4. The number of rotatable bonds is 2. The van der Waals surface area contributed by atoms with Gasteiger partial charge in [0, 0.05) is 5.69 Å². The molecule has 1 amide bonds. The Hall–Kier alpha value is -2.67. The predicted molar refractivity (Wildman–Crippen MR) is 68.1 cm³/mol. The van der Waals surface area contributed by atoms with Crippen molar-refractivity contribution in [2.75, 3.05) is 5.32 Å². The zero-order valence-corrected chi connectivity index (χ0v) is 9.84. The first-order valence-corrected chi connectivity index (χ1v) is 5.44. The largest absolute Gasteiger partial charge is 0.321 e. The number of benzene rings is 1. The van der Waals surface area contributed by atoms with E-state index in [9.17, 15) is 4.79 Å². The molecule has 2 aromatic rings. The zero-order valence-electron chi connectivity index (χ0n) is 9.84. The summed E-state index contributed by atoms with van der Waals surface area (Å²) in [6.45, 7) is 1.98. The molecule has 0 aliphatic rings. The summed E-state index contributed by atoms with van der Waals surface area (Å²) >= 11 is 0. The van der Waals surface area contributed by atoms with Crippen LogP contribution in [-0.2, 0) is 0 Å². The lowest BCUT2D eigenvalue weighted by Crippen LogP contribution is -2.13. The summed E-state index contributed by atoms with van der Waals surface area (Å²) < 4.78 is 0. The average Bonchev–Trinajstić information content (AvgIpc) is 2.41. The van der Waals surface area contributed by atoms with Crippen molar-refractivity contribution in [1.29, 1.82) is 5.26 Å². The van der Waals surface area contributed by atoms with Gasteiger partial charge in [-0.15, -0.1) is 0 Å². The van der Waals surface area contributed by atoms with Crippen molar-refractivity contribution in [3.8, 4) is 6.07 Å². The van der Waals surface area contributed by atoms with Gasteiger partial charge in [-0.3, -0.25) is 4.79 Å². The van der Waals surface area contributed by atoms with Gasteiger partial charge in [0.2, 0.25) is 0 Å². The van der Waals surface area contributed by atoms with Crippen LogP contribution in [0.1, 0.15) is 21.7 Å². The molecule has 2 rings (SSSR count). The molecule has 88 valence electrons. The molecule has 0 saturated carbocycles. The Balaban J connectivity index is 2.17. The average molecular weight is 237 g/mol. The normalized spacial score (nSPS) is 9.56. The molecule has 1 N–H and O–H groups in total. The molecular formula is C14H11N3O. The van der Waals surface area contributed by atoms with E-state index < -0.39 is 0 Å². The van der Waals surface area contributed by atoms with E-state index >= 15 is 0 Å². The van der Waals surface area contributed by atoms with E-state index in [1.807, 2.05) is 37.3 Å². The van der Waals surface area contributed by atoms with Crippen LogP contribution in [0.2, 0.25) is 0 Å². The van der Waals surface area contributed by atoms with Gasteiger partial charge in [-0.2, -0.15) is 5.26 Å². The van der Waals surface area contributed by atoms with Gasteiger partial charge in [-0.05, 0) is 31.2 Å². The van der Waals surface area contributed by atoms with E-state index in [-0.39, 0.29) is 17.3 Å². The lowest BCUT2D eigenvalue weighted by Gasteiger charge is -2.04. The van der Waals surface area contributed by atoms with Gasteiger partial charge in [0.05, 0.1) is 0 Å². The quantitative estimate of drug-likeness (QED) is 0.872. The highest BCUT2D eigenvalue weighted by Gasteiger charge is 2.08. The third kappa shape index (κ3) is 2.71. The van der Waals surface area contributed by atoms with Crippen LogP contribution in [0, 0.1) is 18.3 Å². The Labute approximate surface area is 105 Å². The molecule has 0 bridgehead atoms. The number of nitriles is 1. The number of hydrogen-bond donors (Lipinski definition) is 1. The maximum absolute atomic E-state index is 11.9. The fourth-order valence-corrected chi connectivity index (χ4v) is 1.46. The molecule has 0 saturated heterocycles. The van der Waals surface area contributed by atoms with Crippen LogP contribution in [0.15, 0.2) is 42.5 Å². The fourth-order valence-electron chi connectivity index (χ4n) is 1.46. The van der Waals surface area contributed by atoms with Crippen LogP contribution >= 0.6 is 0 Å². The number of carbonyl (C=O) groups excluding carboxylic acids is 1. The molecule has 0 fully saturated rings. The van der Waals surface area contributed by atoms with Gasteiger partial charge in [-0.1, -0.05) is 23.8 Å². The summed E-state index contributed by atoms with van der Waals surface area (Å²) in [5.74, 6) is -0.323. The third-order valence-corrected chi connectivity index (χ3v) is 2.41. The topological polar surface area (TPSA) is 65.8 Å². The first kappa shape index (κ1) is 11.8. The first-order chi connectivity index (χ1) is 8.69. The second-order valence-electron chi connectivity index (χ2n) is 3.84. The van der Waals surface area contributed by atoms with Crippen LogP contribution in [0.4, 0.5) is 5.69 Å². The van der Waals surface area contributed by atoms with E-state index in [0.29, 0.717) is 5.69 Å². The van der Waals surface area contributed by atoms with Gasteiger partial charge in [0.25, 0.3) is 5.91 Å². The summed E-state index contributed by atoms with van der Waals surface area (Å²) in [4.78, 5) is 15.8. The van der Waals surface area contributed by atoms with Crippen molar-refractivity contribution in [1.82, 2.24) is 4.98 Å². The minimum Gasteiger partial charge on any atom is -0.321 e. The van der Waals surface area contributed by atoms with Crippen molar-refractivity contribution in [3.05, 3.63) is 59.4 Å². The highest BCUT2D eigenvalue weighted by atomic mass is 16.1. The molecule has 18 heavy (non-hydrogen) atoms. The van der Waals surface area contributed by atoms with Crippen molar-refractivity contribution in [2.24, 2.45) is 0 Å². The number of aromatic nitrogens is 1. The molecular weight excluding hydrogens is 226 g/mol. The molecule has 0 aliphatic carbocycles. The minimum atomic E-state index is -0.323. The molecule has 1 aromatic heterocycles. The summed E-state index contributed by atoms with van der Waals surface area (Å²) in [7, 11) is 0.